The number of esters is 1. The minimum atomic E-state index is -2.31. The van der Waals surface area contributed by atoms with Crippen LogP contribution < -0.4 is 0 Å². The zero-order chi connectivity index (χ0) is 59.6. The van der Waals surface area contributed by atoms with Crippen LogP contribution in [-0.2, 0) is 66.4 Å². The Hall–Kier alpha value is -2.59. The second-order valence-corrected chi connectivity index (χ2v) is 23.2. The number of hydrogen-bond acceptors (Lipinski definition) is 21. The summed E-state index contributed by atoms with van der Waals surface area (Å²) >= 11 is 0. The van der Waals surface area contributed by atoms with Crippen LogP contribution in [-0.4, -0.2) is 218 Å². The van der Waals surface area contributed by atoms with Gasteiger partial charge in [-0.3, -0.25) is 0 Å². The number of carbonyl (C=O) groups excluding carboxylic acids is 1. The van der Waals surface area contributed by atoms with Crippen LogP contribution in [0.25, 0.3) is 0 Å². The zero-order valence-electron chi connectivity index (χ0n) is 50.0. The molecule has 0 unspecified atom stereocenters. The van der Waals surface area contributed by atoms with Crippen molar-refractivity contribution in [1.82, 2.24) is 0 Å². The SMILES string of the molecule is COC[C@@H](C[C@H]1O[C@@](O)([C@H](OC)[C@@H]2C[C@H](OC)[C@@H](O)CC/C=C(C)/C=C/[C@@H](O[C@@H]3O[C@@H](C)[C@H](OC)[C@@H](O)[C@@H]3O)[C@H](C)/C=C(C)/C=C(C)/C=C(\C)C(=O)O2)[C@H](C)[C@@H](O)[C@H]1C)O[C@H]1C[C@](C)(O)[C@@H](O[C@H]2C[C@@H](OC)[C@H](O)[C@@H](C)O2)[C@H](C)O1. The van der Waals surface area contributed by atoms with Crippen molar-refractivity contribution < 1.29 is 102 Å². The van der Waals surface area contributed by atoms with E-state index >= 15 is 0 Å². The van der Waals surface area contributed by atoms with Crippen molar-refractivity contribution in [2.24, 2.45) is 17.8 Å². The van der Waals surface area contributed by atoms with Crippen molar-refractivity contribution in [3.63, 3.8) is 0 Å². The van der Waals surface area contributed by atoms with Crippen molar-refractivity contribution in [2.45, 2.75) is 249 Å². The maximum Gasteiger partial charge on any atom is 0.334 e. The van der Waals surface area contributed by atoms with Crippen molar-refractivity contribution >= 4 is 5.97 Å². The maximum atomic E-state index is 14.3. The van der Waals surface area contributed by atoms with E-state index < -0.39 is 152 Å². The fourth-order valence-electron chi connectivity index (χ4n) is 11.9. The molecular formula is C59H98O21. The van der Waals surface area contributed by atoms with Crippen molar-refractivity contribution in [1.29, 1.82) is 0 Å². The first-order valence-corrected chi connectivity index (χ1v) is 28.3. The molecular weight excluding hydrogens is 1040 g/mol. The van der Waals surface area contributed by atoms with Crippen molar-refractivity contribution in [3.8, 4) is 0 Å². The number of carbonyl (C=O) groups is 1. The summed E-state index contributed by atoms with van der Waals surface area (Å²) in [5, 5.41) is 80.9. The second kappa shape index (κ2) is 30.5. The molecule has 0 aromatic heterocycles. The summed E-state index contributed by atoms with van der Waals surface area (Å²) in [6.45, 7) is 19.5. The van der Waals surface area contributed by atoms with Crippen molar-refractivity contribution in [2.75, 3.05) is 42.2 Å². The first-order chi connectivity index (χ1) is 37.6. The Kier molecular flexibility index (Phi) is 26.0. The molecule has 25 atom stereocenters. The second-order valence-electron chi connectivity index (χ2n) is 23.2. The van der Waals surface area contributed by atoms with Crippen LogP contribution in [0.4, 0.5) is 0 Å². The zero-order valence-corrected chi connectivity index (χ0v) is 50.0. The van der Waals surface area contributed by atoms with Crippen LogP contribution in [0.1, 0.15) is 115 Å². The summed E-state index contributed by atoms with van der Waals surface area (Å²) in [5.74, 6) is -4.93. The molecule has 4 saturated heterocycles. The van der Waals surface area contributed by atoms with E-state index in [0.29, 0.717) is 12.0 Å². The molecule has 0 aromatic rings. The molecule has 460 valence electrons. The molecule has 0 spiro atoms. The summed E-state index contributed by atoms with van der Waals surface area (Å²) in [6.07, 6.45) is -6.53. The largest absolute Gasteiger partial charge is 0.456 e. The van der Waals surface area contributed by atoms with Crippen LogP contribution in [0.15, 0.2) is 58.7 Å². The standard InChI is InChI=1S/C59H98O21/c1-30-18-17-19-41(60)44(69-13)26-46(77-56(65)34(5)24-32(3)22-31(2)23-33(4)42(21-20-30)78-57-52(64)51(63)53(71-15)38(9)75-57)55(72-16)59(67)36(7)49(61)35(6)43(80-59)25-40(29-68-12)76-48-28-58(11,66)54(39(10)74-48)79-47-27-45(70-14)50(62)37(8)73-47/h18,20-24,33,35-55,57,60-64,66-67H,17,19,25-29H2,1-16H3/b21-20+,30-18+,31-23+,32-22+,34-24+/t33-,35+,36-,37-,38+,39+,40-,41+,42-,43-,44+,45-,46+,47+,48+,49+,50-,51+,52+,53+,54+,55-,57+,58+,59-/m1/s1. The average molecular weight is 1140 g/mol. The number of aliphatic hydroxyl groups excluding tert-OH is 5. The van der Waals surface area contributed by atoms with Gasteiger partial charge < -0.3 is 97.3 Å². The highest BCUT2D eigenvalue weighted by Crippen LogP contribution is 2.44. The van der Waals surface area contributed by atoms with Gasteiger partial charge in [-0.1, -0.05) is 67.9 Å². The molecule has 80 heavy (non-hydrogen) atoms. The van der Waals surface area contributed by atoms with E-state index in [2.05, 4.69) is 0 Å². The van der Waals surface area contributed by atoms with Gasteiger partial charge in [0.1, 0.15) is 42.7 Å². The van der Waals surface area contributed by atoms with E-state index in [4.69, 9.17) is 61.6 Å². The number of ether oxygens (including phenoxy) is 13. The predicted molar refractivity (Wildman–Crippen MR) is 292 cm³/mol. The molecule has 0 saturated carbocycles. The molecule has 5 aliphatic heterocycles. The van der Waals surface area contributed by atoms with Gasteiger partial charge in [0, 0.05) is 84.6 Å². The molecule has 5 heterocycles. The third-order valence-corrected chi connectivity index (χ3v) is 16.6. The normalized spacial score (nSPS) is 46.2. The van der Waals surface area contributed by atoms with Gasteiger partial charge in [-0.25, -0.2) is 4.79 Å². The first-order valence-electron chi connectivity index (χ1n) is 28.3. The number of methoxy groups -OCH3 is 5. The summed E-state index contributed by atoms with van der Waals surface area (Å²) in [4.78, 5) is 14.3. The Morgan fingerprint density at radius 3 is 2.04 bits per heavy atom. The van der Waals surface area contributed by atoms with E-state index in [9.17, 15) is 40.5 Å². The Morgan fingerprint density at radius 1 is 0.738 bits per heavy atom. The number of aliphatic hydroxyl groups is 7. The molecule has 0 aromatic carbocycles. The van der Waals surface area contributed by atoms with Gasteiger partial charge in [0.05, 0.1) is 73.2 Å². The van der Waals surface area contributed by atoms with Crippen LogP contribution in [0.3, 0.4) is 0 Å². The molecule has 0 amide bonds. The Balaban J connectivity index is 1.39. The lowest BCUT2D eigenvalue weighted by Crippen LogP contribution is -2.66. The van der Waals surface area contributed by atoms with Gasteiger partial charge in [0.2, 0.25) is 5.79 Å². The van der Waals surface area contributed by atoms with Crippen LogP contribution in [0.5, 0.6) is 0 Å². The van der Waals surface area contributed by atoms with E-state index in [-0.39, 0.29) is 50.2 Å². The molecule has 4 fully saturated rings. The smallest absolute Gasteiger partial charge is 0.334 e. The Labute approximate surface area is 474 Å². The van der Waals surface area contributed by atoms with Crippen molar-refractivity contribution in [3.05, 3.63) is 58.7 Å². The van der Waals surface area contributed by atoms with Crippen LogP contribution in [0, 0.1) is 17.8 Å². The van der Waals surface area contributed by atoms with Gasteiger partial charge in [-0.15, -0.1) is 0 Å². The fourth-order valence-corrected chi connectivity index (χ4v) is 11.9. The summed E-state index contributed by atoms with van der Waals surface area (Å²) in [5.41, 5.74) is 1.13. The van der Waals surface area contributed by atoms with Gasteiger partial charge >= 0.3 is 5.97 Å². The molecule has 7 N–H and O–H groups in total. The number of cyclic esters (lactones) is 1. The molecule has 0 radical (unpaired) electrons. The molecule has 21 heteroatoms. The minimum absolute atomic E-state index is 0.00953. The Bertz CT molecular complexity index is 2100. The molecule has 5 rings (SSSR count). The van der Waals surface area contributed by atoms with E-state index in [0.717, 1.165) is 11.1 Å². The highest BCUT2D eigenvalue weighted by molar-refractivity contribution is 5.88. The molecule has 0 bridgehead atoms. The van der Waals surface area contributed by atoms with Gasteiger partial charge in [-0.2, -0.15) is 0 Å². The fraction of sp³-hybridized carbons (Fsp3) is 0.814. The maximum absolute atomic E-state index is 14.3. The first kappa shape index (κ1) is 68.2. The molecule has 0 aliphatic carbocycles. The monoisotopic (exact) mass is 1140 g/mol. The topological polar surface area (TPSA) is 279 Å². The van der Waals surface area contributed by atoms with Gasteiger partial charge in [-0.05, 0) is 74.3 Å². The third kappa shape index (κ3) is 17.3. The molecule has 21 nitrogen and oxygen atoms in total. The lowest BCUT2D eigenvalue weighted by molar-refractivity contribution is -0.368. The third-order valence-electron chi connectivity index (χ3n) is 16.6. The number of rotatable bonds is 16. The van der Waals surface area contributed by atoms with Gasteiger partial charge in [0.15, 0.2) is 18.9 Å². The summed E-state index contributed by atoms with van der Waals surface area (Å²) in [7, 11) is 7.23. The number of allylic oxidation sites excluding steroid dienone is 7. The highest BCUT2D eigenvalue weighted by Gasteiger charge is 2.58. The predicted octanol–water partition coefficient (Wildman–Crippen LogP) is 4.24. The lowest BCUT2D eigenvalue weighted by atomic mass is 9.76. The summed E-state index contributed by atoms with van der Waals surface area (Å²) in [6, 6.07) is 0. The van der Waals surface area contributed by atoms with E-state index in [1.165, 1.54) is 35.5 Å². The van der Waals surface area contributed by atoms with Crippen LogP contribution >= 0.6 is 0 Å². The van der Waals surface area contributed by atoms with E-state index in [1.807, 2.05) is 58.1 Å². The Morgan fingerprint density at radius 2 is 1.41 bits per heavy atom. The van der Waals surface area contributed by atoms with Crippen LogP contribution in [0.2, 0.25) is 0 Å². The highest BCUT2D eigenvalue weighted by atomic mass is 16.7. The quantitative estimate of drug-likeness (QED) is 0.106. The lowest BCUT2D eigenvalue weighted by Gasteiger charge is -2.52. The minimum Gasteiger partial charge on any atom is -0.456 e. The average Bonchev–Trinajstić information content (AvgIpc) is 3.42. The summed E-state index contributed by atoms with van der Waals surface area (Å²) < 4.78 is 78.9. The van der Waals surface area contributed by atoms with Gasteiger partial charge in [0.25, 0.3) is 0 Å². The van der Waals surface area contributed by atoms with E-state index in [1.54, 1.807) is 54.5 Å². The number of hydrogen-bond donors (Lipinski definition) is 7. The molecule has 5 aliphatic rings.